The molecule has 0 bridgehead atoms. The number of halogens is 2. The highest BCUT2D eigenvalue weighted by atomic mass is 35.5. The van der Waals surface area contributed by atoms with Gasteiger partial charge < -0.3 is 9.97 Å². The fourth-order valence-corrected chi connectivity index (χ4v) is 2.15. The van der Waals surface area contributed by atoms with Crippen LogP contribution in [0.5, 0.6) is 0 Å². The monoisotopic (exact) mass is 302 g/mol. The number of hydrogen-bond donors (Lipinski definition) is 2. The normalized spacial score (nSPS) is 10.4. The fourth-order valence-electron chi connectivity index (χ4n) is 1.71. The molecule has 106 valence electrons. The van der Waals surface area contributed by atoms with E-state index in [1.54, 1.807) is 12.7 Å². The molecular weight excluding hydrogens is 283 g/mol. The molecule has 19 heavy (non-hydrogen) atoms. The summed E-state index contributed by atoms with van der Waals surface area (Å²) in [6.07, 6.45) is 4.34. The van der Waals surface area contributed by atoms with Crippen LogP contribution in [-0.2, 0) is 18.2 Å². The van der Waals surface area contributed by atoms with Crippen LogP contribution in [0.3, 0.4) is 0 Å². The van der Waals surface area contributed by atoms with Gasteiger partial charge >= 0.3 is 0 Å². The predicted molar refractivity (Wildman–Crippen MR) is 79.8 cm³/mol. The van der Waals surface area contributed by atoms with Gasteiger partial charge in [0.15, 0.2) is 0 Å². The minimum atomic E-state index is 0.483. The second-order valence-corrected chi connectivity index (χ2v) is 4.90. The third kappa shape index (κ3) is 4.55. The summed E-state index contributed by atoms with van der Waals surface area (Å²) in [7, 11) is 0. The number of nitrogens with zero attached hydrogens (tertiary/aromatic N) is 2. The molecule has 6 heteroatoms. The lowest BCUT2D eigenvalue weighted by molar-refractivity contribution is 0.820. The van der Waals surface area contributed by atoms with E-state index >= 15 is 0 Å². The molecule has 2 heterocycles. The van der Waals surface area contributed by atoms with Gasteiger partial charge in [-0.15, -0.1) is 23.2 Å². The first-order chi connectivity index (χ1) is 9.13. The predicted octanol–water partition coefficient (Wildman–Crippen LogP) is 3.98. The van der Waals surface area contributed by atoms with E-state index in [1.807, 2.05) is 0 Å². The van der Waals surface area contributed by atoms with E-state index in [2.05, 4.69) is 40.7 Å². The number of alkyl halides is 2. The molecule has 2 aromatic heterocycles. The standard InChI is InChI=1S/C7H11ClN2.C6H9ClN2/c1-5(2)7-6(3-8)9-4-10-7;1-2-5-6(3-7)9-4-8-5/h4-5H,3H2,1-2H3,(H,9,10);4H,2-3H2,1H3,(H,8,9). The highest BCUT2D eigenvalue weighted by Crippen LogP contribution is 2.16. The molecule has 4 nitrogen and oxygen atoms in total. The van der Waals surface area contributed by atoms with Gasteiger partial charge in [-0.1, -0.05) is 20.8 Å². The van der Waals surface area contributed by atoms with Crippen molar-refractivity contribution < 1.29 is 0 Å². The molecule has 2 aromatic rings. The molecular formula is C13H20Cl2N4. The Bertz CT molecular complexity index is 458. The Morgan fingerprint density at radius 2 is 1.63 bits per heavy atom. The molecule has 0 aromatic carbocycles. The van der Waals surface area contributed by atoms with Gasteiger partial charge in [-0.2, -0.15) is 0 Å². The van der Waals surface area contributed by atoms with Gasteiger partial charge in [0.05, 0.1) is 35.8 Å². The smallest absolute Gasteiger partial charge is 0.0925 e. The molecule has 0 unspecified atom stereocenters. The molecule has 0 spiro atoms. The first-order valence-electron chi connectivity index (χ1n) is 6.29. The van der Waals surface area contributed by atoms with Crippen molar-refractivity contribution in [2.45, 2.75) is 44.9 Å². The van der Waals surface area contributed by atoms with Crippen LogP contribution in [0.25, 0.3) is 0 Å². The fraction of sp³-hybridized carbons (Fsp3) is 0.538. The Kier molecular flexibility index (Phi) is 6.95. The van der Waals surface area contributed by atoms with Gasteiger partial charge in [0.2, 0.25) is 0 Å². The SMILES string of the molecule is CC(C)c1[nH]cnc1CCl.CCc1[nH]cnc1CCl. The van der Waals surface area contributed by atoms with Crippen molar-refractivity contribution in [2.75, 3.05) is 0 Å². The van der Waals surface area contributed by atoms with Crippen LogP contribution in [-0.4, -0.2) is 19.9 Å². The zero-order chi connectivity index (χ0) is 14.3. The molecule has 0 amide bonds. The van der Waals surface area contributed by atoms with Crippen LogP contribution in [0.2, 0.25) is 0 Å². The summed E-state index contributed by atoms with van der Waals surface area (Å²) >= 11 is 11.2. The lowest BCUT2D eigenvalue weighted by atomic mass is 10.1. The molecule has 2 N–H and O–H groups in total. The quantitative estimate of drug-likeness (QED) is 0.839. The Morgan fingerprint density at radius 3 is 2.05 bits per heavy atom. The maximum Gasteiger partial charge on any atom is 0.0925 e. The lowest BCUT2D eigenvalue weighted by Crippen LogP contribution is -1.92. The zero-order valence-corrected chi connectivity index (χ0v) is 13.0. The van der Waals surface area contributed by atoms with E-state index in [4.69, 9.17) is 23.2 Å². The Labute approximate surface area is 124 Å². The number of rotatable bonds is 4. The summed E-state index contributed by atoms with van der Waals surface area (Å²) in [5.74, 6) is 1.49. The van der Waals surface area contributed by atoms with Crippen LogP contribution in [0.4, 0.5) is 0 Å². The Morgan fingerprint density at radius 1 is 1.05 bits per heavy atom. The number of imidazole rings is 2. The Balaban J connectivity index is 0.000000191. The van der Waals surface area contributed by atoms with Crippen molar-refractivity contribution in [2.24, 2.45) is 0 Å². The number of nitrogens with one attached hydrogen (secondary N) is 2. The molecule has 0 radical (unpaired) electrons. The first kappa shape index (κ1) is 16.1. The molecule has 2 rings (SSSR count). The second-order valence-electron chi connectivity index (χ2n) is 4.37. The summed E-state index contributed by atoms with van der Waals surface area (Å²) < 4.78 is 0. The average Bonchev–Trinajstić information content (AvgIpc) is 3.07. The second kappa shape index (κ2) is 8.23. The van der Waals surface area contributed by atoms with Crippen molar-refractivity contribution >= 4 is 23.2 Å². The van der Waals surface area contributed by atoms with Crippen molar-refractivity contribution in [3.05, 3.63) is 35.4 Å². The topological polar surface area (TPSA) is 57.4 Å². The van der Waals surface area contributed by atoms with Crippen LogP contribution in [0.15, 0.2) is 12.7 Å². The van der Waals surface area contributed by atoms with E-state index in [-0.39, 0.29) is 0 Å². The maximum atomic E-state index is 5.64. The molecule has 0 fully saturated rings. The summed E-state index contributed by atoms with van der Waals surface area (Å²) in [5.41, 5.74) is 4.23. The van der Waals surface area contributed by atoms with Gasteiger partial charge in [0, 0.05) is 11.4 Å². The number of aryl methyl sites for hydroxylation is 1. The first-order valence-corrected chi connectivity index (χ1v) is 7.36. The van der Waals surface area contributed by atoms with E-state index in [9.17, 15) is 0 Å². The molecule has 0 saturated carbocycles. The van der Waals surface area contributed by atoms with Crippen molar-refractivity contribution in [3.63, 3.8) is 0 Å². The Hall–Kier alpha value is -1.00. The van der Waals surface area contributed by atoms with Gasteiger partial charge in [-0.05, 0) is 12.3 Å². The molecule has 0 aliphatic rings. The molecule has 0 aliphatic heterocycles. The van der Waals surface area contributed by atoms with Crippen molar-refractivity contribution in [3.8, 4) is 0 Å². The minimum absolute atomic E-state index is 0.483. The third-order valence-corrected chi connectivity index (χ3v) is 3.25. The summed E-state index contributed by atoms with van der Waals surface area (Å²) in [4.78, 5) is 14.2. The van der Waals surface area contributed by atoms with E-state index in [0.717, 1.165) is 29.2 Å². The van der Waals surface area contributed by atoms with Crippen molar-refractivity contribution in [1.82, 2.24) is 19.9 Å². The van der Waals surface area contributed by atoms with Gasteiger partial charge in [-0.25, -0.2) is 9.97 Å². The van der Waals surface area contributed by atoms with E-state index in [1.165, 1.54) is 0 Å². The van der Waals surface area contributed by atoms with Crippen LogP contribution in [0.1, 0.15) is 49.5 Å². The average molecular weight is 303 g/mol. The summed E-state index contributed by atoms with van der Waals surface area (Å²) in [5, 5.41) is 0. The minimum Gasteiger partial charge on any atom is -0.348 e. The highest BCUT2D eigenvalue weighted by Gasteiger charge is 2.06. The lowest BCUT2D eigenvalue weighted by Gasteiger charge is -2.01. The summed E-state index contributed by atoms with van der Waals surface area (Å²) in [6, 6.07) is 0. The molecule has 0 saturated heterocycles. The van der Waals surface area contributed by atoms with Crippen LogP contribution < -0.4 is 0 Å². The van der Waals surface area contributed by atoms with E-state index in [0.29, 0.717) is 17.7 Å². The van der Waals surface area contributed by atoms with Crippen LogP contribution in [0, 0.1) is 0 Å². The molecule has 0 atom stereocenters. The highest BCUT2D eigenvalue weighted by molar-refractivity contribution is 6.17. The van der Waals surface area contributed by atoms with Crippen LogP contribution >= 0.6 is 23.2 Å². The number of hydrogen-bond acceptors (Lipinski definition) is 2. The van der Waals surface area contributed by atoms with Crippen molar-refractivity contribution in [1.29, 1.82) is 0 Å². The molecule has 0 aliphatic carbocycles. The summed E-state index contributed by atoms with van der Waals surface area (Å²) in [6.45, 7) is 6.30. The van der Waals surface area contributed by atoms with Gasteiger partial charge in [-0.3, -0.25) is 0 Å². The third-order valence-electron chi connectivity index (χ3n) is 2.74. The number of aromatic nitrogens is 4. The zero-order valence-electron chi connectivity index (χ0n) is 11.5. The number of aromatic amines is 2. The number of H-pyrrole nitrogens is 2. The van der Waals surface area contributed by atoms with Gasteiger partial charge in [0.1, 0.15) is 0 Å². The van der Waals surface area contributed by atoms with E-state index < -0.39 is 0 Å². The van der Waals surface area contributed by atoms with Gasteiger partial charge in [0.25, 0.3) is 0 Å². The maximum absolute atomic E-state index is 5.64. The largest absolute Gasteiger partial charge is 0.348 e.